The second-order valence-electron chi connectivity index (χ2n) is 3.09. The molecule has 1 N–H and O–H groups in total. The third-order valence-corrected chi connectivity index (χ3v) is 1.87. The Labute approximate surface area is 84.1 Å². The van der Waals surface area contributed by atoms with E-state index in [1.54, 1.807) is 7.05 Å². The van der Waals surface area contributed by atoms with Crippen molar-refractivity contribution >= 4 is 5.91 Å². The zero-order valence-corrected chi connectivity index (χ0v) is 8.54. The molecule has 3 nitrogen and oxygen atoms in total. The minimum atomic E-state index is -0.00217. The van der Waals surface area contributed by atoms with Crippen molar-refractivity contribution < 1.29 is 9.53 Å². The summed E-state index contributed by atoms with van der Waals surface area (Å²) < 4.78 is 5.40. The SMILES string of the molecule is CNC(=O)CCOc1cccc(C)c1. The average molecular weight is 193 g/mol. The van der Waals surface area contributed by atoms with Crippen molar-refractivity contribution in [3.8, 4) is 5.75 Å². The van der Waals surface area contributed by atoms with Gasteiger partial charge in [0.15, 0.2) is 0 Å². The van der Waals surface area contributed by atoms with Crippen LogP contribution in [0, 0.1) is 6.92 Å². The van der Waals surface area contributed by atoms with Crippen LogP contribution in [0.5, 0.6) is 5.75 Å². The first kappa shape index (κ1) is 10.6. The first-order valence-electron chi connectivity index (χ1n) is 4.62. The average Bonchev–Trinajstić information content (AvgIpc) is 2.17. The maximum atomic E-state index is 10.9. The molecule has 1 aromatic rings. The van der Waals surface area contributed by atoms with Gasteiger partial charge in [-0.3, -0.25) is 4.79 Å². The van der Waals surface area contributed by atoms with Crippen molar-refractivity contribution in [2.45, 2.75) is 13.3 Å². The number of nitrogens with one attached hydrogen (secondary N) is 1. The second kappa shape index (κ2) is 5.27. The van der Waals surface area contributed by atoms with Gasteiger partial charge in [-0.1, -0.05) is 12.1 Å². The molecule has 1 rings (SSSR count). The highest BCUT2D eigenvalue weighted by molar-refractivity contribution is 5.75. The summed E-state index contributed by atoms with van der Waals surface area (Å²) in [4.78, 5) is 10.9. The molecular formula is C11H15NO2. The number of ether oxygens (including phenoxy) is 1. The van der Waals surface area contributed by atoms with Crippen molar-refractivity contribution in [3.05, 3.63) is 29.8 Å². The fraction of sp³-hybridized carbons (Fsp3) is 0.364. The molecule has 1 aromatic carbocycles. The van der Waals surface area contributed by atoms with Crippen LogP contribution in [0.3, 0.4) is 0 Å². The van der Waals surface area contributed by atoms with E-state index < -0.39 is 0 Å². The Kier molecular flexibility index (Phi) is 3.98. The van der Waals surface area contributed by atoms with Crippen LogP contribution in [0.4, 0.5) is 0 Å². The van der Waals surface area contributed by atoms with E-state index in [1.165, 1.54) is 0 Å². The van der Waals surface area contributed by atoms with Crippen LogP contribution < -0.4 is 10.1 Å². The highest BCUT2D eigenvalue weighted by Crippen LogP contribution is 2.12. The maximum absolute atomic E-state index is 10.9. The van der Waals surface area contributed by atoms with Gasteiger partial charge in [-0.05, 0) is 24.6 Å². The smallest absolute Gasteiger partial charge is 0.223 e. The van der Waals surface area contributed by atoms with Crippen molar-refractivity contribution in [1.29, 1.82) is 0 Å². The Morgan fingerprint density at radius 2 is 2.29 bits per heavy atom. The summed E-state index contributed by atoms with van der Waals surface area (Å²) in [6.45, 7) is 2.43. The standard InChI is InChI=1S/C11H15NO2/c1-9-4-3-5-10(8-9)14-7-6-11(13)12-2/h3-5,8H,6-7H2,1-2H3,(H,12,13). The lowest BCUT2D eigenvalue weighted by atomic mass is 10.2. The molecule has 0 aromatic heterocycles. The molecule has 76 valence electrons. The highest BCUT2D eigenvalue weighted by Gasteiger charge is 1.98. The van der Waals surface area contributed by atoms with Gasteiger partial charge in [0.2, 0.25) is 5.91 Å². The Bertz CT molecular complexity index is 310. The van der Waals surface area contributed by atoms with E-state index in [1.807, 2.05) is 31.2 Å². The largest absolute Gasteiger partial charge is 0.493 e. The van der Waals surface area contributed by atoms with Gasteiger partial charge < -0.3 is 10.1 Å². The van der Waals surface area contributed by atoms with Gasteiger partial charge in [-0.2, -0.15) is 0 Å². The van der Waals surface area contributed by atoms with Gasteiger partial charge in [0.25, 0.3) is 0 Å². The molecule has 3 heteroatoms. The number of carbonyl (C=O) groups is 1. The first-order chi connectivity index (χ1) is 6.72. The lowest BCUT2D eigenvalue weighted by molar-refractivity contribution is -0.121. The molecule has 0 bridgehead atoms. The van der Waals surface area contributed by atoms with Gasteiger partial charge in [0, 0.05) is 7.05 Å². The van der Waals surface area contributed by atoms with Crippen LogP contribution in [0.1, 0.15) is 12.0 Å². The van der Waals surface area contributed by atoms with Gasteiger partial charge in [0.05, 0.1) is 13.0 Å². The van der Waals surface area contributed by atoms with Crippen molar-refractivity contribution in [3.63, 3.8) is 0 Å². The third-order valence-electron chi connectivity index (χ3n) is 1.87. The van der Waals surface area contributed by atoms with Gasteiger partial charge in [0.1, 0.15) is 5.75 Å². The molecular weight excluding hydrogens is 178 g/mol. The number of hydrogen-bond acceptors (Lipinski definition) is 2. The predicted octanol–water partition coefficient (Wildman–Crippen LogP) is 1.51. The molecule has 0 atom stereocenters. The van der Waals surface area contributed by atoms with E-state index in [0.717, 1.165) is 11.3 Å². The molecule has 0 fully saturated rings. The first-order valence-corrected chi connectivity index (χ1v) is 4.62. The van der Waals surface area contributed by atoms with Crippen LogP contribution in [-0.4, -0.2) is 19.6 Å². The van der Waals surface area contributed by atoms with Crippen LogP contribution in [-0.2, 0) is 4.79 Å². The van der Waals surface area contributed by atoms with E-state index in [-0.39, 0.29) is 5.91 Å². The molecule has 0 saturated heterocycles. The van der Waals surface area contributed by atoms with Crippen molar-refractivity contribution in [2.24, 2.45) is 0 Å². The van der Waals surface area contributed by atoms with Crippen LogP contribution in [0.25, 0.3) is 0 Å². The summed E-state index contributed by atoms with van der Waals surface area (Å²) in [6, 6.07) is 7.77. The lowest BCUT2D eigenvalue weighted by Crippen LogP contribution is -2.20. The number of benzene rings is 1. The van der Waals surface area contributed by atoms with E-state index >= 15 is 0 Å². The van der Waals surface area contributed by atoms with E-state index in [0.29, 0.717) is 13.0 Å². The predicted molar refractivity (Wildman–Crippen MR) is 55.4 cm³/mol. The van der Waals surface area contributed by atoms with E-state index in [2.05, 4.69) is 5.32 Å². The number of hydrogen-bond donors (Lipinski definition) is 1. The second-order valence-corrected chi connectivity index (χ2v) is 3.09. The number of amides is 1. The molecule has 0 radical (unpaired) electrons. The molecule has 0 aliphatic heterocycles. The summed E-state index contributed by atoms with van der Waals surface area (Å²) in [7, 11) is 1.62. The van der Waals surface area contributed by atoms with Gasteiger partial charge in [-0.15, -0.1) is 0 Å². The molecule has 0 unspecified atom stereocenters. The minimum Gasteiger partial charge on any atom is -0.493 e. The molecule has 0 heterocycles. The Morgan fingerprint density at radius 3 is 2.93 bits per heavy atom. The molecule has 0 spiro atoms. The van der Waals surface area contributed by atoms with Gasteiger partial charge >= 0.3 is 0 Å². The summed E-state index contributed by atoms with van der Waals surface area (Å²) >= 11 is 0. The lowest BCUT2D eigenvalue weighted by Gasteiger charge is -2.05. The van der Waals surface area contributed by atoms with E-state index in [4.69, 9.17) is 4.74 Å². The number of carbonyl (C=O) groups excluding carboxylic acids is 1. The Balaban J connectivity index is 2.35. The monoisotopic (exact) mass is 193 g/mol. The zero-order chi connectivity index (χ0) is 10.4. The normalized spacial score (nSPS) is 9.57. The number of rotatable bonds is 4. The van der Waals surface area contributed by atoms with Crippen molar-refractivity contribution in [1.82, 2.24) is 5.32 Å². The zero-order valence-electron chi connectivity index (χ0n) is 8.54. The molecule has 0 aliphatic rings. The number of aryl methyl sites for hydroxylation is 1. The summed E-state index contributed by atoms with van der Waals surface area (Å²) in [6.07, 6.45) is 0.393. The summed E-state index contributed by atoms with van der Waals surface area (Å²) in [5, 5.41) is 2.54. The van der Waals surface area contributed by atoms with E-state index in [9.17, 15) is 4.79 Å². The summed E-state index contributed by atoms with van der Waals surface area (Å²) in [5.41, 5.74) is 1.16. The Morgan fingerprint density at radius 1 is 1.50 bits per heavy atom. The van der Waals surface area contributed by atoms with Crippen LogP contribution >= 0.6 is 0 Å². The van der Waals surface area contributed by atoms with Crippen molar-refractivity contribution in [2.75, 3.05) is 13.7 Å². The minimum absolute atomic E-state index is 0.00217. The molecule has 14 heavy (non-hydrogen) atoms. The van der Waals surface area contributed by atoms with Crippen LogP contribution in [0.15, 0.2) is 24.3 Å². The quantitative estimate of drug-likeness (QED) is 0.787. The maximum Gasteiger partial charge on any atom is 0.223 e. The molecule has 1 amide bonds. The topological polar surface area (TPSA) is 38.3 Å². The fourth-order valence-corrected chi connectivity index (χ4v) is 1.09. The van der Waals surface area contributed by atoms with Gasteiger partial charge in [-0.25, -0.2) is 0 Å². The molecule has 0 saturated carbocycles. The summed E-state index contributed by atoms with van der Waals surface area (Å²) in [5.74, 6) is 0.812. The fourth-order valence-electron chi connectivity index (χ4n) is 1.09. The highest BCUT2D eigenvalue weighted by atomic mass is 16.5. The van der Waals surface area contributed by atoms with Crippen LogP contribution in [0.2, 0.25) is 0 Å². The Hall–Kier alpha value is -1.51. The molecule has 0 aliphatic carbocycles. The third kappa shape index (κ3) is 3.47.